The molecule has 1 unspecified atom stereocenters. The van der Waals surface area contributed by atoms with Crippen LogP contribution in [0.1, 0.15) is 30.1 Å². The number of aliphatic carboxylic acids is 1. The lowest BCUT2D eigenvalue weighted by Gasteiger charge is -2.34. The summed E-state index contributed by atoms with van der Waals surface area (Å²) < 4.78 is 10.4. The standard InChI is InChI=1S/C19H26N2O6/c1-12(19(24)25)20(2)17(22)13-5-7-21(8-6-13)18(23)14-9-15(26-3)11-16(10-14)27-4/h9-13H,5-8H2,1-4H3,(H,24,25). The number of rotatable bonds is 6. The quantitative estimate of drug-likeness (QED) is 0.806. The van der Waals surface area contributed by atoms with Crippen LogP contribution >= 0.6 is 0 Å². The van der Waals surface area contributed by atoms with Gasteiger partial charge in [0.15, 0.2) is 0 Å². The molecule has 8 heteroatoms. The zero-order valence-corrected chi connectivity index (χ0v) is 16.1. The largest absolute Gasteiger partial charge is 0.497 e. The summed E-state index contributed by atoms with van der Waals surface area (Å²) in [5.74, 6) is -0.587. The van der Waals surface area contributed by atoms with Crippen LogP contribution in [0, 0.1) is 5.92 Å². The number of carboxylic acids is 1. The van der Waals surface area contributed by atoms with Gasteiger partial charge in [-0.1, -0.05) is 0 Å². The van der Waals surface area contributed by atoms with Gasteiger partial charge in [0.25, 0.3) is 5.91 Å². The van der Waals surface area contributed by atoms with Crippen molar-refractivity contribution in [1.82, 2.24) is 9.80 Å². The fourth-order valence-corrected chi connectivity index (χ4v) is 3.09. The summed E-state index contributed by atoms with van der Waals surface area (Å²) in [5, 5.41) is 9.06. The number of carbonyl (C=O) groups excluding carboxylic acids is 2. The van der Waals surface area contributed by atoms with E-state index in [1.807, 2.05) is 0 Å². The predicted molar refractivity (Wildman–Crippen MR) is 98.0 cm³/mol. The Balaban J connectivity index is 2.02. The lowest BCUT2D eigenvalue weighted by molar-refractivity contribution is -0.150. The van der Waals surface area contributed by atoms with E-state index in [4.69, 9.17) is 14.6 Å². The van der Waals surface area contributed by atoms with Crippen molar-refractivity contribution in [1.29, 1.82) is 0 Å². The lowest BCUT2D eigenvalue weighted by Crippen LogP contribution is -2.47. The van der Waals surface area contributed by atoms with Crippen LogP contribution in [0.5, 0.6) is 11.5 Å². The predicted octanol–water partition coefficient (Wildman–Crippen LogP) is 1.49. The van der Waals surface area contributed by atoms with Crippen molar-refractivity contribution in [3.8, 4) is 11.5 Å². The number of carbonyl (C=O) groups is 3. The Labute approximate surface area is 158 Å². The molecule has 0 saturated carbocycles. The molecular formula is C19H26N2O6. The van der Waals surface area contributed by atoms with Crippen molar-refractivity contribution >= 4 is 17.8 Å². The summed E-state index contributed by atoms with van der Waals surface area (Å²) >= 11 is 0. The van der Waals surface area contributed by atoms with Gasteiger partial charge in [-0.05, 0) is 31.9 Å². The highest BCUT2D eigenvalue weighted by atomic mass is 16.5. The van der Waals surface area contributed by atoms with Crippen molar-refractivity contribution in [2.24, 2.45) is 5.92 Å². The average molecular weight is 378 g/mol. The summed E-state index contributed by atoms with van der Waals surface area (Å²) in [6.45, 7) is 2.35. The van der Waals surface area contributed by atoms with Gasteiger partial charge in [0.05, 0.1) is 14.2 Å². The molecule has 27 heavy (non-hydrogen) atoms. The van der Waals surface area contributed by atoms with Crippen LogP contribution < -0.4 is 9.47 Å². The van der Waals surface area contributed by atoms with E-state index in [-0.39, 0.29) is 17.7 Å². The molecule has 1 fully saturated rings. The topological polar surface area (TPSA) is 96.4 Å². The minimum Gasteiger partial charge on any atom is -0.497 e. The van der Waals surface area contributed by atoms with E-state index in [0.717, 1.165) is 0 Å². The van der Waals surface area contributed by atoms with Gasteiger partial charge in [-0.25, -0.2) is 4.79 Å². The van der Waals surface area contributed by atoms with Gasteiger partial charge < -0.3 is 24.4 Å². The van der Waals surface area contributed by atoms with E-state index in [1.54, 1.807) is 23.1 Å². The zero-order chi connectivity index (χ0) is 20.1. The molecule has 1 aliphatic rings. The number of nitrogens with zero attached hydrogens (tertiary/aromatic N) is 2. The van der Waals surface area contributed by atoms with Crippen LogP contribution in [-0.2, 0) is 9.59 Å². The first-order valence-corrected chi connectivity index (χ1v) is 8.80. The number of carboxylic acid groups (broad SMARTS) is 1. The smallest absolute Gasteiger partial charge is 0.326 e. The van der Waals surface area contributed by atoms with Gasteiger partial charge in [0.2, 0.25) is 5.91 Å². The monoisotopic (exact) mass is 378 g/mol. The second-order valence-corrected chi connectivity index (χ2v) is 6.63. The van der Waals surface area contributed by atoms with Gasteiger partial charge in [-0.2, -0.15) is 0 Å². The Bertz CT molecular complexity index is 690. The molecule has 2 amide bonds. The summed E-state index contributed by atoms with van der Waals surface area (Å²) in [5.41, 5.74) is 0.465. The molecule has 0 aromatic heterocycles. The van der Waals surface area contributed by atoms with Crippen LogP contribution in [-0.4, -0.2) is 73.1 Å². The number of methoxy groups -OCH3 is 2. The highest BCUT2D eigenvalue weighted by molar-refractivity contribution is 5.95. The van der Waals surface area contributed by atoms with E-state index in [1.165, 1.54) is 33.1 Å². The van der Waals surface area contributed by atoms with Crippen LogP contribution in [0.2, 0.25) is 0 Å². The second kappa shape index (κ2) is 8.75. The third-order valence-electron chi connectivity index (χ3n) is 5.02. The van der Waals surface area contributed by atoms with Gasteiger partial charge in [-0.3, -0.25) is 9.59 Å². The Hall–Kier alpha value is -2.77. The van der Waals surface area contributed by atoms with E-state index in [0.29, 0.717) is 43.0 Å². The number of likely N-dealkylation sites (N-methyl/N-ethyl adjacent to an activating group) is 1. The third-order valence-corrected chi connectivity index (χ3v) is 5.02. The summed E-state index contributed by atoms with van der Waals surface area (Å²) in [4.78, 5) is 39.3. The van der Waals surface area contributed by atoms with E-state index in [2.05, 4.69) is 0 Å². The van der Waals surface area contributed by atoms with Crippen LogP contribution in [0.25, 0.3) is 0 Å². The van der Waals surface area contributed by atoms with Crippen molar-refractivity contribution in [3.63, 3.8) is 0 Å². The van der Waals surface area contributed by atoms with Gasteiger partial charge in [0.1, 0.15) is 17.5 Å². The van der Waals surface area contributed by atoms with Gasteiger partial charge in [-0.15, -0.1) is 0 Å². The molecule has 0 bridgehead atoms. The minimum absolute atomic E-state index is 0.148. The summed E-state index contributed by atoms with van der Waals surface area (Å²) in [6, 6.07) is 4.14. The maximum absolute atomic E-state index is 12.8. The number of ether oxygens (including phenoxy) is 2. The van der Waals surface area contributed by atoms with Crippen molar-refractivity contribution in [2.45, 2.75) is 25.8 Å². The summed E-state index contributed by atoms with van der Waals surface area (Å²) in [6.07, 6.45) is 1.00. The van der Waals surface area contributed by atoms with E-state index >= 15 is 0 Å². The molecule has 0 radical (unpaired) electrons. The molecule has 1 N–H and O–H groups in total. The SMILES string of the molecule is COc1cc(OC)cc(C(=O)N2CCC(C(=O)N(C)C(C)C(=O)O)CC2)c1. The first-order chi connectivity index (χ1) is 12.8. The molecule has 148 valence electrons. The Kier molecular flexibility index (Phi) is 6.65. The third kappa shape index (κ3) is 4.69. The fraction of sp³-hybridized carbons (Fsp3) is 0.526. The van der Waals surface area contributed by atoms with E-state index in [9.17, 15) is 14.4 Å². The van der Waals surface area contributed by atoms with Crippen molar-refractivity contribution in [3.05, 3.63) is 23.8 Å². The fourth-order valence-electron chi connectivity index (χ4n) is 3.09. The average Bonchev–Trinajstić information content (AvgIpc) is 2.70. The first-order valence-electron chi connectivity index (χ1n) is 8.80. The molecule has 1 aliphatic heterocycles. The van der Waals surface area contributed by atoms with Crippen LogP contribution in [0.3, 0.4) is 0 Å². The molecule has 0 spiro atoms. The molecule has 1 aromatic carbocycles. The normalized spacial score (nSPS) is 15.8. The Morgan fingerprint density at radius 2 is 1.63 bits per heavy atom. The number of amides is 2. The van der Waals surface area contributed by atoms with Crippen molar-refractivity contribution in [2.75, 3.05) is 34.4 Å². The van der Waals surface area contributed by atoms with Crippen molar-refractivity contribution < 1.29 is 29.0 Å². The maximum atomic E-state index is 12.8. The number of piperidine rings is 1. The first kappa shape index (κ1) is 20.5. The maximum Gasteiger partial charge on any atom is 0.326 e. The number of hydrogen-bond acceptors (Lipinski definition) is 5. The molecule has 1 aromatic rings. The summed E-state index contributed by atoms with van der Waals surface area (Å²) in [7, 11) is 4.55. The minimum atomic E-state index is -1.04. The zero-order valence-electron chi connectivity index (χ0n) is 16.1. The molecular weight excluding hydrogens is 352 g/mol. The number of hydrogen-bond donors (Lipinski definition) is 1. The van der Waals surface area contributed by atoms with E-state index < -0.39 is 12.0 Å². The van der Waals surface area contributed by atoms with Crippen LogP contribution in [0.15, 0.2) is 18.2 Å². The molecule has 8 nitrogen and oxygen atoms in total. The molecule has 0 aliphatic carbocycles. The number of likely N-dealkylation sites (tertiary alicyclic amines) is 1. The van der Waals surface area contributed by atoms with Gasteiger partial charge >= 0.3 is 5.97 Å². The van der Waals surface area contributed by atoms with Gasteiger partial charge in [0, 0.05) is 37.7 Å². The molecule has 1 atom stereocenters. The molecule has 1 saturated heterocycles. The van der Waals surface area contributed by atoms with Crippen LogP contribution in [0.4, 0.5) is 0 Å². The highest BCUT2D eigenvalue weighted by Gasteiger charge is 2.32. The lowest BCUT2D eigenvalue weighted by atomic mass is 9.94. The highest BCUT2D eigenvalue weighted by Crippen LogP contribution is 2.26. The molecule has 2 rings (SSSR count). The molecule has 1 heterocycles. The second-order valence-electron chi connectivity index (χ2n) is 6.63. The Morgan fingerprint density at radius 3 is 2.07 bits per heavy atom. The Morgan fingerprint density at radius 1 is 1.11 bits per heavy atom. The number of benzene rings is 1.